The van der Waals surface area contributed by atoms with Crippen LogP contribution in [0.2, 0.25) is 5.02 Å². The number of amides is 1. The summed E-state index contributed by atoms with van der Waals surface area (Å²) in [7, 11) is 0. The number of carbonyl (C=O) groups is 1. The van der Waals surface area contributed by atoms with Gasteiger partial charge < -0.3 is 10.6 Å². The topological polar surface area (TPSA) is 84.3 Å². The van der Waals surface area contributed by atoms with Gasteiger partial charge in [-0.15, -0.1) is 0 Å². The van der Waals surface area contributed by atoms with E-state index in [0.29, 0.717) is 12.6 Å². The third-order valence-corrected chi connectivity index (χ3v) is 2.34. The van der Waals surface area contributed by atoms with Crippen LogP contribution in [0.25, 0.3) is 0 Å². The Morgan fingerprint density at radius 1 is 1.56 bits per heavy atom. The molecule has 0 aliphatic rings. The fraction of sp³-hybridized carbons (Fsp3) is 0.300. The van der Waals surface area contributed by atoms with E-state index in [1.807, 2.05) is 0 Å². The summed E-state index contributed by atoms with van der Waals surface area (Å²) >= 11 is 5.53. The Balaban J connectivity index is 2.90. The Kier molecular flexibility index (Phi) is 4.85. The average molecular weight is 276 g/mol. The molecule has 0 aromatic heterocycles. The molecule has 0 saturated heterocycles. The van der Waals surface area contributed by atoms with Crippen LogP contribution >= 0.6 is 11.6 Å². The number of halogens is 2. The molecule has 8 heteroatoms. The second-order valence-electron chi connectivity index (χ2n) is 3.35. The van der Waals surface area contributed by atoms with Crippen LogP contribution in [0.1, 0.15) is 6.92 Å². The second kappa shape index (κ2) is 6.15. The van der Waals surface area contributed by atoms with Crippen molar-refractivity contribution in [3.8, 4) is 0 Å². The first-order chi connectivity index (χ1) is 8.45. The predicted octanol–water partition coefficient (Wildman–Crippen LogP) is 1.94. The number of hydrogen-bond donors (Lipinski definition) is 2. The number of carbonyl (C=O) groups excluding carboxylic acids is 1. The quantitative estimate of drug-likeness (QED) is 0.635. The highest BCUT2D eigenvalue weighted by Gasteiger charge is 2.18. The van der Waals surface area contributed by atoms with Gasteiger partial charge in [-0.3, -0.25) is 14.9 Å². The van der Waals surface area contributed by atoms with Crippen molar-refractivity contribution < 1.29 is 14.1 Å². The SMILES string of the molecule is CCNC(=O)CNc1cc(Cl)c(F)cc1[N+](=O)[O-]. The van der Waals surface area contributed by atoms with E-state index in [1.165, 1.54) is 0 Å². The maximum Gasteiger partial charge on any atom is 0.295 e. The molecule has 0 aliphatic heterocycles. The van der Waals surface area contributed by atoms with Crippen molar-refractivity contribution in [1.29, 1.82) is 0 Å². The van der Waals surface area contributed by atoms with Gasteiger partial charge >= 0.3 is 0 Å². The molecule has 0 atom stereocenters. The number of nitrogens with zero attached hydrogens (tertiary/aromatic N) is 1. The number of anilines is 1. The van der Waals surface area contributed by atoms with Crippen LogP contribution in [-0.4, -0.2) is 23.9 Å². The maximum atomic E-state index is 13.1. The predicted molar refractivity (Wildman–Crippen MR) is 65.2 cm³/mol. The highest BCUT2D eigenvalue weighted by molar-refractivity contribution is 6.31. The molecule has 0 fully saturated rings. The van der Waals surface area contributed by atoms with Crippen molar-refractivity contribution in [2.75, 3.05) is 18.4 Å². The first-order valence-corrected chi connectivity index (χ1v) is 5.47. The van der Waals surface area contributed by atoms with Gasteiger partial charge in [-0.2, -0.15) is 0 Å². The normalized spacial score (nSPS) is 9.94. The minimum absolute atomic E-state index is 0.00217. The molecular weight excluding hydrogens is 265 g/mol. The Hall–Kier alpha value is -1.89. The van der Waals surface area contributed by atoms with Gasteiger partial charge in [0.15, 0.2) is 0 Å². The molecule has 0 radical (unpaired) electrons. The summed E-state index contributed by atoms with van der Waals surface area (Å²) < 4.78 is 13.1. The molecule has 0 spiro atoms. The number of rotatable bonds is 5. The molecule has 0 bridgehead atoms. The minimum atomic E-state index is -0.882. The molecule has 0 saturated carbocycles. The zero-order valence-electron chi connectivity index (χ0n) is 9.50. The van der Waals surface area contributed by atoms with Crippen LogP contribution in [0.15, 0.2) is 12.1 Å². The van der Waals surface area contributed by atoms with Crippen molar-refractivity contribution in [2.24, 2.45) is 0 Å². The molecule has 18 heavy (non-hydrogen) atoms. The molecule has 0 unspecified atom stereocenters. The van der Waals surface area contributed by atoms with Crippen LogP contribution in [0.4, 0.5) is 15.8 Å². The first kappa shape index (κ1) is 14.2. The van der Waals surface area contributed by atoms with E-state index in [-0.39, 0.29) is 23.2 Å². The minimum Gasteiger partial charge on any atom is -0.371 e. The van der Waals surface area contributed by atoms with Crippen LogP contribution in [0, 0.1) is 15.9 Å². The molecule has 1 aromatic carbocycles. The largest absolute Gasteiger partial charge is 0.371 e. The zero-order chi connectivity index (χ0) is 13.7. The van der Waals surface area contributed by atoms with Gasteiger partial charge in [0.1, 0.15) is 11.5 Å². The summed E-state index contributed by atoms with van der Waals surface area (Å²) in [5.41, 5.74) is -0.473. The van der Waals surface area contributed by atoms with Gasteiger partial charge in [0.05, 0.1) is 22.6 Å². The lowest BCUT2D eigenvalue weighted by Crippen LogP contribution is -2.29. The van der Waals surface area contributed by atoms with E-state index in [9.17, 15) is 19.3 Å². The molecular formula is C10H11ClFN3O3. The van der Waals surface area contributed by atoms with Gasteiger partial charge in [0.25, 0.3) is 5.69 Å². The van der Waals surface area contributed by atoms with Crippen molar-refractivity contribution in [2.45, 2.75) is 6.92 Å². The molecule has 1 aromatic rings. The Morgan fingerprint density at radius 2 is 2.22 bits per heavy atom. The third-order valence-electron chi connectivity index (χ3n) is 2.05. The van der Waals surface area contributed by atoms with E-state index in [2.05, 4.69) is 10.6 Å². The number of nitrogens with one attached hydrogen (secondary N) is 2. The van der Waals surface area contributed by atoms with Crippen LogP contribution < -0.4 is 10.6 Å². The lowest BCUT2D eigenvalue weighted by atomic mass is 10.2. The molecule has 0 aliphatic carbocycles. The maximum absolute atomic E-state index is 13.1. The highest BCUT2D eigenvalue weighted by Crippen LogP contribution is 2.29. The first-order valence-electron chi connectivity index (χ1n) is 5.09. The van der Waals surface area contributed by atoms with E-state index < -0.39 is 16.4 Å². The lowest BCUT2D eigenvalue weighted by Gasteiger charge is -2.07. The molecule has 6 nitrogen and oxygen atoms in total. The van der Waals surface area contributed by atoms with Crippen LogP contribution in [0.5, 0.6) is 0 Å². The second-order valence-corrected chi connectivity index (χ2v) is 3.75. The van der Waals surface area contributed by atoms with Crippen molar-refractivity contribution in [1.82, 2.24) is 5.32 Å². The molecule has 98 valence electrons. The summed E-state index contributed by atoms with van der Waals surface area (Å²) in [6.07, 6.45) is 0. The van der Waals surface area contributed by atoms with Gasteiger partial charge in [-0.05, 0) is 13.0 Å². The van der Waals surface area contributed by atoms with Crippen LogP contribution in [0.3, 0.4) is 0 Å². The summed E-state index contributed by atoms with van der Waals surface area (Å²) in [6, 6.07) is 1.79. The average Bonchev–Trinajstić information content (AvgIpc) is 2.30. The summed E-state index contributed by atoms with van der Waals surface area (Å²) in [5, 5.41) is 15.5. The third kappa shape index (κ3) is 3.56. The number of likely N-dealkylation sites (N-methyl/N-ethyl adjacent to an activating group) is 1. The smallest absolute Gasteiger partial charge is 0.295 e. The highest BCUT2D eigenvalue weighted by atomic mass is 35.5. The fourth-order valence-corrected chi connectivity index (χ4v) is 1.43. The van der Waals surface area contributed by atoms with Crippen LogP contribution in [-0.2, 0) is 4.79 Å². The van der Waals surface area contributed by atoms with E-state index >= 15 is 0 Å². The summed E-state index contributed by atoms with van der Waals surface area (Å²) in [5.74, 6) is -1.21. The van der Waals surface area contributed by atoms with E-state index in [4.69, 9.17) is 11.6 Å². The Bertz CT molecular complexity index is 482. The van der Waals surface area contributed by atoms with Crippen molar-refractivity contribution in [3.63, 3.8) is 0 Å². The molecule has 1 rings (SSSR count). The van der Waals surface area contributed by atoms with Gasteiger partial charge in [0.2, 0.25) is 5.91 Å². The number of hydrogen-bond acceptors (Lipinski definition) is 4. The summed E-state index contributed by atoms with van der Waals surface area (Å²) in [4.78, 5) is 21.2. The number of nitro groups is 1. The molecule has 1 amide bonds. The molecule has 2 N–H and O–H groups in total. The Labute approximate surface area is 107 Å². The zero-order valence-corrected chi connectivity index (χ0v) is 10.3. The van der Waals surface area contributed by atoms with Gasteiger partial charge in [0, 0.05) is 6.54 Å². The summed E-state index contributed by atoms with van der Waals surface area (Å²) in [6.45, 7) is 2.04. The van der Waals surface area contributed by atoms with Gasteiger partial charge in [-0.1, -0.05) is 11.6 Å². The number of nitro benzene ring substituents is 1. The number of benzene rings is 1. The fourth-order valence-electron chi connectivity index (χ4n) is 1.26. The molecule has 0 heterocycles. The van der Waals surface area contributed by atoms with Crippen molar-refractivity contribution >= 4 is 28.9 Å². The van der Waals surface area contributed by atoms with Gasteiger partial charge in [-0.25, -0.2) is 4.39 Å². The van der Waals surface area contributed by atoms with Crippen molar-refractivity contribution in [3.05, 3.63) is 33.1 Å². The van der Waals surface area contributed by atoms with E-state index in [1.54, 1.807) is 6.92 Å². The lowest BCUT2D eigenvalue weighted by molar-refractivity contribution is -0.384. The monoisotopic (exact) mass is 275 g/mol. The standard InChI is InChI=1S/C10H11ClFN3O3/c1-2-13-10(16)5-14-8-3-6(11)7(12)4-9(8)15(17)18/h3-4,14H,2,5H2,1H3,(H,13,16). The Morgan fingerprint density at radius 3 is 2.78 bits per heavy atom. The van der Waals surface area contributed by atoms with E-state index in [0.717, 1.165) is 6.07 Å².